The first-order valence-corrected chi connectivity index (χ1v) is 10.8. The predicted octanol–water partition coefficient (Wildman–Crippen LogP) is 2.76. The quantitative estimate of drug-likeness (QED) is 0.802. The highest BCUT2D eigenvalue weighted by Gasteiger charge is 2.19. The number of methoxy groups -OCH3 is 1. The summed E-state index contributed by atoms with van der Waals surface area (Å²) in [4.78, 5) is 16.3. The summed E-state index contributed by atoms with van der Waals surface area (Å²) in [6, 6.07) is 10.5. The van der Waals surface area contributed by atoms with E-state index in [-0.39, 0.29) is 0 Å². The van der Waals surface area contributed by atoms with Crippen LogP contribution in [-0.4, -0.2) is 67.9 Å². The Balaban J connectivity index is 1.43. The van der Waals surface area contributed by atoms with Crippen molar-refractivity contribution < 1.29 is 4.74 Å². The summed E-state index contributed by atoms with van der Waals surface area (Å²) in [6.45, 7) is 6.20. The smallest absolute Gasteiger partial charge is 0.134 e. The molecule has 0 bridgehead atoms. The van der Waals surface area contributed by atoms with Crippen LogP contribution in [-0.2, 0) is 0 Å². The van der Waals surface area contributed by atoms with Gasteiger partial charge in [-0.05, 0) is 30.7 Å². The molecule has 0 N–H and O–H groups in total. The number of ether oxygens (including phenoxy) is 1. The molecule has 0 radical (unpaired) electrons. The molecule has 0 spiro atoms. The van der Waals surface area contributed by atoms with E-state index in [9.17, 15) is 0 Å². The van der Waals surface area contributed by atoms with E-state index in [2.05, 4.69) is 42.9 Å². The van der Waals surface area contributed by atoms with Crippen molar-refractivity contribution in [3.63, 3.8) is 0 Å². The molecular weight excluding hydrogens is 358 g/mol. The lowest BCUT2D eigenvalue weighted by molar-refractivity contribution is 0.415. The third kappa shape index (κ3) is 4.40. The lowest BCUT2D eigenvalue weighted by Crippen LogP contribution is -2.34. The summed E-state index contributed by atoms with van der Waals surface area (Å²) in [7, 11) is 1.71. The maximum Gasteiger partial charge on any atom is 0.134 e. The summed E-state index contributed by atoms with van der Waals surface area (Å²) in [5, 5.41) is 0. The molecule has 27 heavy (non-hydrogen) atoms. The lowest BCUT2D eigenvalue weighted by Gasteiger charge is -2.29. The van der Waals surface area contributed by atoms with E-state index >= 15 is 0 Å². The molecule has 7 heteroatoms. The van der Waals surface area contributed by atoms with Crippen LogP contribution in [0.2, 0.25) is 0 Å². The average Bonchev–Trinajstić information content (AvgIpc) is 3.01. The normalized spacial score (nSPS) is 18.3. The standard InChI is InChI=1S/C20H27N5OS/c1-26-18-5-3-17(4-6-18)23-7-2-8-24(10-9-23)19-15-20(22-16-21-19)25-11-13-27-14-12-25/h3-6,15-16H,2,7-14H2,1H3. The van der Waals surface area contributed by atoms with Crippen LogP contribution in [0.5, 0.6) is 5.75 Å². The van der Waals surface area contributed by atoms with Gasteiger partial charge in [-0.25, -0.2) is 9.97 Å². The molecule has 2 aliphatic rings. The second-order valence-electron chi connectivity index (χ2n) is 6.86. The maximum atomic E-state index is 5.27. The Morgan fingerprint density at radius 2 is 1.44 bits per heavy atom. The fraction of sp³-hybridized carbons (Fsp3) is 0.500. The number of hydrogen-bond donors (Lipinski definition) is 0. The van der Waals surface area contributed by atoms with Gasteiger partial charge in [-0.2, -0.15) is 11.8 Å². The molecular formula is C20H27N5OS. The van der Waals surface area contributed by atoms with Gasteiger partial charge in [0, 0.05) is 62.5 Å². The van der Waals surface area contributed by atoms with E-state index in [1.807, 2.05) is 23.9 Å². The summed E-state index contributed by atoms with van der Waals surface area (Å²) < 4.78 is 5.27. The average molecular weight is 386 g/mol. The van der Waals surface area contributed by atoms with E-state index < -0.39 is 0 Å². The lowest BCUT2D eigenvalue weighted by atomic mass is 10.2. The number of hydrogen-bond acceptors (Lipinski definition) is 7. The van der Waals surface area contributed by atoms with Crippen LogP contribution in [0.4, 0.5) is 17.3 Å². The van der Waals surface area contributed by atoms with Gasteiger partial charge in [0.2, 0.25) is 0 Å². The van der Waals surface area contributed by atoms with Crippen molar-refractivity contribution in [1.82, 2.24) is 9.97 Å². The molecule has 2 saturated heterocycles. The zero-order valence-corrected chi connectivity index (χ0v) is 16.7. The maximum absolute atomic E-state index is 5.27. The fourth-order valence-corrected chi connectivity index (χ4v) is 4.58. The molecule has 0 amide bonds. The van der Waals surface area contributed by atoms with E-state index in [1.54, 1.807) is 13.4 Å². The van der Waals surface area contributed by atoms with E-state index in [0.717, 1.165) is 63.1 Å². The molecule has 3 heterocycles. The number of nitrogens with zero attached hydrogens (tertiary/aromatic N) is 5. The zero-order chi connectivity index (χ0) is 18.5. The molecule has 1 aromatic carbocycles. The van der Waals surface area contributed by atoms with Gasteiger partial charge in [-0.1, -0.05) is 0 Å². The molecule has 2 aliphatic heterocycles. The molecule has 0 saturated carbocycles. The Bertz CT molecular complexity index is 735. The highest BCUT2D eigenvalue weighted by atomic mass is 32.2. The van der Waals surface area contributed by atoms with E-state index in [1.165, 1.54) is 17.2 Å². The third-order valence-electron chi connectivity index (χ3n) is 5.23. The Kier molecular flexibility index (Phi) is 5.87. The number of rotatable bonds is 4. The van der Waals surface area contributed by atoms with Crippen molar-refractivity contribution in [2.45, 2.75) is 6.42 Å². The monoisotopic (exact) mass is 385 g/mol. The first kappa shape index (κ1) is 18.2. The summed E-state index contributed by atoms with van der Waals surface area (Å²) in [6.07, 6.45) is 2.84. The molecule has 1 aromatic heterocycles. The highest BCUT2D eigenvalue weighted by Crippen LogP contribution is 2.24. The van der Waals surface area contributed by atoms with Crippen LogP contribution in [0.3, 0.4) is 0 Å². The Morgan fingerprint density at radius 3 is 2.15 bits per heavy atom. The van der Waals surface area contributed by atoms with Crippen LogP contribution in [0, 0.1) is 0 Å². The number of benzene rings is 1. The first-order valence-electron chi connectivity index (χ1n) is 9.62. The van der Waals surface area contributed by atoms with Gasteiger partial charge in [-0.3, -0.25) is 0 Å². The van der Waals surface area contributed by atoms with Crippen molar-refractivity contribution in [1.29, 1.82) is 0 Å². The van der Waals surface area contributed by atoms with Crippen LogP contribution < -0.4 is 19.4 Å². The molecule has 0 atom stereocenters. The summed E-state index contributed by atoms with van der Waals surface area (Å²) >= 11 is 2.02. The molecule has 144 valence electrons. The predicted molar refractivity (Wildman–Crippen MR) is 114 cm³/mol. The number of thioether (sulfide) groups is 1. The second kappa shape index (κ2) is 8.69. The largest absolute Gasteiger partial charge is 0.497 e. The van der Waals surface area contributed by atoms with Gasteiger partial charge >= 0.3 is 0 Å². The molecule has 4 rings (SSSR count). The van der Waals surface area contributed by atoms with Gasteiger partial charge in [0.15, 0.2) is 0 Å². The SMILES string of the molecule is COc1ccc(N2CCCN(c3cc(N4CCSCC4)ncn3)CC2)cc1. The van der Waals surface area contributed by atoms with Gasteiger partial charge in [0.05, 0.1) is 7.11 Å². The zero-order valence-electron chi connectivity index (χ0n) is 15.9. The van der Waals surface area contributed by atoms with Gasteiger partial charge in [-0.15, -0.1) is 0 Å². The topological polar surface area (TPSA) is 44.7 Å². The highest BCUT2D eigenvalue weighted by molar-refractivity contribution is 7.99. The van der Waals surface area contributed by atoms with Crippen LogP contribution in [0.15, 0.2) is 36.7 Å². The molecule has 6 nitrogen and oxygen atoms in total. The van der Waals surface area contributed by atoms with Gasteiger partial charge < -0.3 is 19.4 Å². The fourth-order valence-electron chi connectivity index (χ4n) is 3.67. The van der Waals surface area contributed by atoms with Crippen molar-refractivity contribution in [2.75, 3.05) is 72.6 Å². The summed E-state index contributed by atoms with van der Waals surface area (Å²) in [5.41, 5.74) is 1.26. The number of anilines is 3. The minimum Gasteiger partial charge on any atom is -0.497 e. The van der Waals surface area contributed by atoms with Gasteiger partial charge in [0.25, 0.3) is 0 Å². The second-order valence-corrected chi connectivity index (χ2v) is 8.08. The minimum absolute atomic E-state index is 0.903. The Hall–Kier alpha value is -2.15. The third-order valence-corrected chi connectivity index (χ3v) is 6.17. The first-order chi connectivity index (χ1) is 13.3. The van der Waals surface area contributed by atoms with Crippen molar-refractivity contribution in [2.24, 2.45) is 0 Å². The molecule has 2 fully saturated rings. The van der Waals surface area contributed by atoms with Crippen molar-refractivity contribution in [3.8, 4) is 5.75 Å². The molecule has 2 aromatic rings. The van der Waals surface area contributed by atoms with Crippen LogP contribution in [0.25, 0.3) is 0 Å². The Labute approximate surface area is 165 Å². The van der Waals surface area contributed by atoms with E-state index in [0.29, 0.717) is 0 Å². The Morgan fingerprint density at radius 1 is 0.815 bits per heavy atom. The van der Waals surface area contributed by atoms with Crippen molar-refractivity contribution >= 4 is 29.1 Å². The summed E-state index contributed by atoms with van der Waals surface area (Å²) in [5.74, 6) is 5.38. The molecule has 0 unspecified atom stereocenters. The minimum atomic E-state index is 0.903. The van der Waals surface area contributed by atoms with Crippen LogP contribution >= 0.6 is 11.8 Å². The van der Waals surface area contributed by atoms with Gasteiger partial charge in [0.1, 0.15) is 23.7 Å². The van der Waals surface area contributed by atoms with Crippen molar-refractivity contribution in [3.05, 3.63) is 36.7 Å². The molecule has 0 aliphatic carbocycles. The number of aromatic nitrogens is 2. The van der Waals surface area contributed by atoms with E-state index in [4.69, 9.17) is 4.74 Å². The van der Waals surface area contributed by atoms with Crippen LogP contribution in [0.1, 0.15) is 6.42 Å².